The Kier molecular flexibility index (Phi) is 7.31. The zero-order chi connectivity index (χ0) is 19.9. The molecule has 6 nitrogen and oxygen atoms in total. The number of hydrogen-bond acceptors (Lipinski definition) is 4. The summed E-state index contributed by atoms with van der Waals surface area (Å²) in [4.78, 5) is 29.6. The van der Waals surface area contributed by atoms with Crippen molar-refractivity contribution >= 4 is 11.8 Å². The molecule has 3 rings (SSSR count). The minimum absolute atomic E-state index is 0.0405. The van der Waals surface area contributed by atoms with Gasteiger partial charge >= 0.3 is 0 Å². The number of amides is 2. The van der Waals surface area contributed by atoms with E-state index in [2.05, 4.69) is 10.2 Å². The summed E-state index contributed by atoms with van der Waals surface area (Å²) in [6, 6.07) is 7.62. The third-order valence-electron chi connectivity index (χ3n) is 6.04. The number of carbonyl (C=O) groups is 2. The van der Waals surface area contributed by atoms with Crippen molar-refractivity contribution in [2.45, 2.75) is 45.1 Å². The second kappa shape index (κ2) is 9.92. The Morgan fingerprint density at radius 2 is 1.75 bits per heavy atom. The Labute approximate surface area is 168 Å². The first kappa shape index (κ1) is 20.6. The van der Waals surface area contributed by atoms with Crippen LogP contribution in [0.2, 0.25) is 0 Å². The van der Waals surface area contributed by atoms with Crippen LogP contribution >= 0.6 is 0 Å². The molecule has 1 aliphatic heterocycles. The number of piperazine rings is 1. The fourth-order valence-corrected chi connectivity index (χ4v) is 4.51. The summed E-state index contributed by atoms with van der Waals surface area (Å²) in [7, 11) is 1.64. The van der Waals surface area contributed by atoms with Crippen molar-refractivity contribution < 1.29 is 14.3 Å². The highest BCUT2D eigenvalue weighted by atomic mass is 16.5. The molecule has 2 aliphatic rings. The van der Waals surface area contributed by atoms with E-state index >= 15 is 0 Å². The van der Waals surface area contributed by atoms with Gasteiger partial charge in [0.2, 0.25) is 11.8 Å². The number of hydrogen-bond donors (Lipinski definition) is 1. The molecule has 2 fully saturated rings. The fraction of sp³-hybridized carbons (Fsp3) is 0.636. The molecule has 1 aromatic rings. The molecule has 6 heteroatoms. The molecule has 0 aromatic heterocycles. The lowest BCUT2D eigenvalue weighted by Crippen LogP contribution is -2.58. The van der Waals surface area contributed by atoms with Crippen LogP contribution in [0.1, 0.15) is 38.2 Å². The minimum atomic E-state index is -0.0405. The topological polar surface area (TPSA) is 61.9 Å². The van der Waals surface area contributed by atoms with E-state index in [4.69, 9.17) is 4.74 Å². The summed E-state index contributed by atoms with van der Waals surface area (Å²) in [5.41, 5.74) is 0.999. The number of rotatable bonds is 7. The summed E-state index contributed by atoms with van der Waals surface area (Å²) < 4.78 is 5.17. The van der Waals surface area contributed by atoms with Gasteiger partial charge in [-0.3, -0.25) is 14.5 Å². The van der Waals surface area contributed by atoms with Crippen molar-refractivity contribution in [1.29, 1.82) is 0 Å². The van der Waals surface area contributed by atoms with Gasteiger partial charge in [0.15, 0.2) is 0 Å². The highest BCUT2D eigenvalue weighted by molar-refractivity contribution is 5.82. The SMILES string of the molecule is CCNC(=O)C(C1CCCC1)N1CCN(C(=O)Cc2ccc(OC)cc2)CC1. The molecule has 1 saturated carbocycles. The minimum Gasteiger partial charge on any atom is -0.497 e. The zero-order valence-corrected chi connectivity index (χ0v) is 17.2. The van der Waals surface area contributed by atoms with E-state index in [0.717, 1.165) is 37.2 Å². The number of benzene rings is 1. The van der Waals surface area contributed by atoms with Gasteiger partial charge in [-0.2, -0.15) is 0 Å². The van der Waals surface area contributed by atoms with Gasteiger partial charge < -0.3 is 15.0 Å². The van der Waals surface area contributed by atoms with Crippen LogP contribution in [0.4, 0.5) is 0 Å². The lowest BCUT2D eigenvalue weighted by molar-refractivity contribution is -0.134. The predicted octanol–water partition coefficient (Wildman–Crippen LogP) is 2.08. The van der Waals surface area contributed by atoms with Crippen molar-refractivity contribution in [3.63, 3.8) is 0 Å². The van der Waals surface area contributed by atoms with Gasteiger partial charge in [0.05, 0.1) is 19.6 Å². The van der Waals surface area contributed by atoms with E-state index in [1.54, 1.807) is 7.11 Å². The monoisotopic (exact) mass is 387 g/mol. The van der Waals surface area contributed by atoms with Gasteiger partial charge in [0, 0.05) is 32.7 Å². The molecule has 2 amide bonds. The maximum atomic E-state index is 12.7. The van der Waals surface area contributed by atoms with E-state index in [-0.39, 0.29) is 17.9 Å². The Morgan fingerprint density at radius 1 is 1.11 bits per heavy atom. The molecule has 0 spiro atoms. The fourth-order valence-electron chi connectivity index (χ4n) is 4.51. The van der Waals surface area contributed by atoms with Crippen molar-refractivity contribution in [2.75, 3.05) is 39.8 Å². The smallest absolute Gasteiger partial charge is 0.237 e. The van der Waals surface area contributed by atoms with Crippen LogP contribution in [0.15, 0.2) is 24.3 Å². The van der Waals surface area contributed by atoms with Crippen molar-refractivity contribution in [3.05, 3.63) is 29.8 Å². The molecule has 1 saturated heterocycles. The van der Waals surface area contributed by atoms with E-state index in [1.807, 2.05) is 36.1 Å². The second-order valence-corrected chi connectivity index (χ2v) is 7.83. The van der Waals surface area contributed by atoms with Crippen LogP contribution < -0.4 is 10.1 Å². The van der Waals surface area contributed by atoms with E-state index < -0.39 is 0 Å². The molecular weight excluding hydrogens is 354 g/mol. The number of ether oxygens (including phenoxy) is 1. The lowest BCUT2D eigenvalue weighted by atomic mass is 9.95. The summed E-state index contributed by atoms with van der Waals surface area (Å²) in [5, 5.41) is 3.02. The first-order chi connectivity index (χ1) is 13.6. The second-order valence-electron chi connectivity index (χ2n) is 7.83. The normalized spacial score (nSPS) is 19.4. The summed E-state index contributed by atoms with van der Waals surface area (Å²) in [6.07, 6.45) is 5.13. The van der Waals surface area contributed by atoms with Crippen LogP contribution in [0.5, 0.6) is 5.75 Å². The molecule has 0 radical (unpaired) electrons. The van der Waals surface area contributed by atoms with Gasteiger partial charge in [-0.15, -0.1) is 0 Å². The average Bonchev–Trinajstić information content (AvgIpc) is 3.23. The average molecular weight is 388 g/mol. The Balaban J connectivity index is 1.55. The summed E-state index contributed by atoms with van der Waals surface area (Å²) in [5.74, 6) is 1.56. The standard InChI is InChI=1S/C22H33N3O3/c1-3-23-22(27)21(18-6-4-5-7-18)25-14-12-24(13-15-25)20(26)16-17-8-10-19(28-2)11-9-17/h8-11,18,21H,3-7,12-16H2,1-2H3,(H,23,27). The van der Waals surface area contributed by atoms with Crippen molar-refractivity contribution in [2.24, 2.45) is 5.92 Å². The number of nitrogens with one attached hydrogen (secondary N) is 1. The highest BCUT2D eigenvalue weighted by Crippen LogP contribution is 2.31. The predicted molar refractivity (Wildman–Crippen MR) is 109 cm³/mol. The molecule has 1 heterocycles. The van der Waals surface area contributed by atoms with E-state index in [1.165, 1.54) is 12.8 Å². The first-order valence-corrected chi connectivity index (χ1v) is 10.5. The van der Waals surface area contributed by atoms with Crippen molar-refractivity contribution in [3.8, 4) is 5.75 Å². The molecule has 1 atom stereocenters. The molecule has 154 valence electrons. The lowest BCUT2D eigenvalue weighted by Gasteiger charge is -2.40. The van der Waals surface area contributed by atoms with Crippen LogP contribution in [0, 0.1) is 5.92 Å². The molecule has 0 bridgehead atoms. The first-order valence-electron chi connectivity index (χ1n) is 10.5. The zero-order valence-electron chi connectivity index (χ0n) is 17.2. The number of carbonyl (C=O) groups excluding carboxylic acids is 2. The molecule has 1 N–H and O–H groups in total. The van der Waals surface area contributed by atoms with Crippen LogP contribution in [-0.2, 0) is 16.0 Å². The number of likely N-dealkylation sites (N-methyl/N-ethyl adjacent to an activating group) is 1. The third-order valence-corrected chi connectivity index (χ3v) is 6.04. The number of methoxy groups -OCH3 is 1. The maximum absolute atomic E-state index is 12.7. The molecular formula is C22H33N3O3. The molecule has 1 aromatic carbocycles. The van der Waals surface area contributed by atoms with Crippen molar-refractivity contribution in [1.82, 2.24) is 15.1 Å². The van der Waals surface area contributed by atoms with Crippen LogP contribution in [0.3, 0.4) is 0 Å². The Hall–Kier alpha value is -2.08. The highest BCUT2D eigenvalue weighted by Gasteiger charge is 2.36. The van der Waals surface area contributed by atoms with Crippen LogP contribution in [0.25, 0.3) is 0 Å². The number of nitrogens with zero attached hydrogens (tertiary/aromatic N) is 2. The quantitative estimate of drug-likeness (QED) is 0.778. The van der Waals surface area contributed by atoms with E-state index in [9.17, 15) is 9.59 Å². The largest absolute Gasteiger partial charge is 0.497 e. The molecule has 28 heavy (non-hydrogen) atoms. The van der Waals surface area contributed by atoms with E-state index in [0.29, 0.717) is 32.0 Å². The van der Waals surface area contributed by atoms with Gasteiger partial charge in [-0.05, 0) is 43.4 Å². The van der Waals surface area contributed by atoms with Gasteiger partial charge in [0.1, 0.15) is 5.75 Å². The molecule has 1 unspecified atom stereocenters. The Morgan fingerprint density at radius 3 is 2.32 bits per heavy atom. The maximum Gasteiger partial charge on any atom is 0.237 e. The third kappa shape index (κ3) is 5.04. The Bertz CT molecular complexity index is 647. The summed E-state index contributed by atoms with van der Waals surface area (Å²) >= 11 is 0. The summed E-state index contributed by atoms with van der Waals surface area (Å²) in [6.45, 7) is 5.57. The van der Waals surface area contributed by atoms with Gasteiger partial charge in [-0.1, -0.05) is 25.0 Å². The van der Waals surface area contributed by atoms with Gasteiger partial charge in [0.25, 0.3) is 0 Å². The van der Waals surface area contributed by atoms with Gasteiger partial charge in [-0.25, -0.2) is 0 Å². The molecule has 1 aliphatic carbocycles. The van der Waals surface area contributed by atoms with Crippen LogP contribution in [-0.4, -0.2) is 67.5 Å².